The molecule has 0 aliphatic heterocycles. The van der Waals surface area contributed by atoms with Gasteiger partial charge in [-0.1, -0.05) is 0 Å². The molecular formula is C5H4BrClN2O. The molecule has 0 atom stereocenters. The number of carbonyl (C=O) groups excluding carboxylic acids is 1. The number of rotatable bonds is 1. The summed E-state index contributed by atoms with van der Waals surface area (Å²) in [6.45, 7) is 0. The van der Waals surface area contributed by atoms with Crippen molar-refractivity contribution in [2.24, 2.45) is 7.05 Å². The molecule has 5 heteroatoms. The lowest BCUT2D eigenvalue weighted by Crippen LogP contribution is -1.94. The second kappa shape index (κ2) is 2.72. The molecule has 0 aromatic carbocycles. The van der Waals surface area contributed by atoms with E-state index in [1.807, 2.05) is 0 Å². The average Bonchev–Trinajstić information content (AvgIpc) is 2.13. The Morgan fingerprint density at radius 1 is 1.90 bits per heavy atom. The number of hydrogen-bond donors (Lipinski definition) is 0. The fraction of sp³-hybridized carbons (Fsp3) is 0.200. The molecule has 3 nitrogen and oxygen atoms in total. The maximum Gasteiger partial charge on any atom is 0.272 e. The number of carbonyl (C=O) groups is 1. The summed E-state index contributed by atoms with van der Waals surface area (Å²) < 4.78 is 2.26. The Labute approximate surface area is 71.1 Å². The molecule has 1 aromatic heterocycles. The SMILES string of the molecule is Cn1nc(C(=O)Cl)cc1Br. The zero-order valence-electron chi connectivity index (χ0n) is 5.14. The van der Waals surface area contributed by atoms with Crippen molar-refractivity contribution in [3.8, 4) is 0 Å². The Kier molecular flexibility index (Phi) is 2.11. The summed E-state index contributed by atoms with van der Waals surface area (Å²) in [7, 11) is 1.72. The van der Waals surface area contributed by atoms with Crippen molar-refractivity contribution in [1.82, 2.24) is 9.78 Å². The van der Waals surface area contributed by atoms with Gasteiger partial charge in [-0.05, 0) is 27.5 Å². The molecule has 0 unspecified atom stereocenters. The summed E-state index contributed by atoms with van der Waals surface area (Å²) in [4.78, 5) is 10.5. The first-order valence-corrected chi connectivity index (χ1v) is 3.67. The predicted molar refractivity (Wildman–Crippen MR) is 41.1 cm³/mol. The maximum atomic E-state index is 10.5. The van der Waals surface area contributed by atoms with Crippen LogP contribution in [0.2, 0.25) is 0 Å². The standard InChI is InChI=1S/C5H4BrClN2O/c1-9-4(6)2-3(8-9)5(7)10/h2H,1H3. The second-order valence-electron chi connectivity index (χ2n) is 1.75. The lowest BCUT2D eigenvalue weighted by Gasteiger charge is -1.86. The van der Waals surface area contributed by atoms with Crippen molar-refractivity contribution < 1.29 is 4.79 Å². The van der Waals surface area contributed by atoms with Crippen molar-refractivity contribution in [1.29, 1.82) is 0 Å². The monoisotopic (exact) mass is 222 g/mol. The van der Waals surface area contributed by atoms with Crippen LogP contribution in [0.25, 0.3) is 0 Å². The van der Waals surface area contributed by atoms with E-state index in [1.54, 1.807) is 13.1 Å². The van der Waals surface area contributed by atoms with E-state index in [4.69, 9.17) is 11.6 Å². The molecule has 1 aromatic rings. The van der Waals surface area contributed by atoms with Gasteiger partial charge in [-0.2, -0.15) is 5.10 Å². The molecule has 0 saturated heterocycles. The van der Waals surface area contributed by atoms with Crippen LogP contribution in [-0.4, -0.2) is 15.0 Å². The minimum atomic E-state index is -0.540. The van der Waals surface area contributed by atoms with E-state index in [2.05, 4.69) is 21.0 Å². The van der Waals surface area contributed by atoms with Crippen LogP contribution in [0.4, 0.5) is 0 Å². The maximum absolute atomic E-state index is 10.5. The van der Waals surface area contributed by atoms with Gasteiger partial charge >= 0.3 is 0 Å². The molecule has 0 N–H and O–H groups in total. The molecule has 0 bridgehead atoms. The fourth-order valence-electron chi connectivity index (χ4n) is 0.541. The van der Waals surface area contributed by atoms with Gasteiger partial charge in [0, 0.05) is 13.1 Å². The summed E-state index contributed by atoms with van der Waals surface area (Å²) in [6.07, 6.45) is 0. The Balaban J connectivity index is 3.10. The van der Waals surface area contributed by atoms with Gasteiger partial charge in [0.15, 0.2) is 0 Å². The minimum Gasteiger partial charge on any atom is -0.274 e. The number of aryl methyl sites for hydroxylation is 1. The summed E-state index contributed by atoms with van der Waals surface area (Å²) >= 11 is 8.33. The molecule has 0 aliphatic carbocycles. The van der Waals surface area contributed by atoms with Crippen LogP contribution in [0, 0.1) is 0 Å². The number of nitrogens with zero attached hydrogens (tertiary/aromatic N) is 2. The predicted octanol–water partition coefficient (Wildman–Crippen LogP) is 1.56. The Hall–Kier alpha value is -0.350. The van der Waals surface area contributed by atoms with Crippen LogP contribution >= 0.6 is 27.5 Å². The second-order valence-corrected chi connectivity index (χ2v) is 2.91. The van der Waals surface area contributed by atoms with E-state index >= 15 is 0 Å². The van der Waals surface area contributed by atoms with Gasteiger partial charge in [-0.3, -0.25) is 9.48 Å². The molecule has 10 heavy (non-hydrogen) atoms. The first-order chi connectivity index (χ1) is 4.61. The zero-order valence-corrected chi connectivity index (χ0v) is 7.48. The highest BCUT2D eigenvalue weighted by molar-refractivity contribution is 9.10. The lowest BCUT2D eigenvalue weighted by molar-refractivity contribution is 0.107. The molecule has 54 valence electrons. The van der Waals surface area contributed by atoms with Crippen molar-refractivity contribution in [2.75, 3.05) is 0 Å². The van der Waals surface area contributed by atoms with Gasteiger partial charge in [-0.15, -0.1) is 0 Å². The van der Waals surface area contributed by atoms with Gasteiger partial charge in [0.2, 0.25) is 0 Å². The van der Waals surface area contributed by atoms with Crippen LogP contribution in [0.1, 0.15) is 10.5 Å². The third kappa shape index (κ3) is 1.38. The molecule has 0 radical (unpaired) electrons. The Bertz CT molecular complexity index is 251. The van der Waals surface area contributed by atoms with Crippen molar-refractivity contribution in [3.63, 3.8) is 0 Å². The summed E-state index contributed by atoms with van der Waals surface area (Å²) in [5.74, 6) is 0. The van der Waals surface area contributed by atoms with Gasteiger partial charge in [-0.25, -0.2) is 0 Å². The van der Waals surface area contributed by atoms with Crippen LogP contribution in [0.15, 0.2) is 10.7 Å². The molecular weight excluding hydrogens is 219 g/mol. The van der Waals surface area contributed by atoms with Crippen molar-refractivity contribution >= 4 is 32.8 Å². The number of aromatic nitrogens is 2. The van der Waals surface area contributed by atoms with Crippen LogP contribution < -0.4 is 0 Å². The Morgan fingerprint density at radius 2 is 2.50 bits per heavy atom. The molecule has 0 aliphatic rings. The third-order valence-electron chi connectivity index (χ3n) is 1.02. The van der Waals surface area contributed by atoms with Crippen LogP contribution in [0.3, 0.4) is 0 Å². The zero-order chi connectivity index (χ0) is 7.72. The lowest BCUT2D eigenvalue weighted by atomic mass is 10.5. The summed E-state index contributed by atoms with van der Waals surface area (Å²) in [6, 6.07) is 1.56. The molecule has 1 heterocycles. The quantitative estimate of drug-likeness (QED) is 0.677. The van der Waals surface area contributed by atoms with E-state index in [1.165, 1.54) is 4.68 Å². The molecule has 0 spiro atoms. The first kappa shape index (κ1) is 7.75. The van der Waals surface area contributed by atoms with Gasteiger partial charge in [0.05, 0.1) is 0 Å². The van der Waals surface area contributed by atoms with E-state index < -0.39 is 5.24 Å². The normalized spacial score (nSPS) is 9.90. The largest absolute Gasteiger partial charge is 0.274 e. The van der Waals surface area contributed by atoms with Crippen LogP contribution in [-0.2, 0) is 7.05 Å². The van der Waals surface area contributed by atoms with Gasteiger partial charge < -0.3 is 0 Å². The van der Waals surface area contributed by atoms with E-state index in [9.17, 15) is 4.79 Å². The molecule has 0 fully saturated rings. The van der Waals surface area contributed by atoms with Gasteiger partial charge in [0.25, 0.3) is 5.24 Å². The smallest absolute Gasteiger partial charge is 0.272 e. The van der Waals surface area contributed by atoms with E-state index in [0.29, 0.717) is 0 Å². The molecule has 0 saturated carbocycles. The average molecular weight is 223 g/mol. The highest BCUT2D eigenvalue weighted by Gasteiger charge is 2.07. The highest BCUT2D eigenvalue weighted by Crippen LogP contribution is 2.11. The molecule has 1 rings (SSSR count). The Morgan fingerprint density at radius 3 is 2.70 bits per heavy atom. The summed E-state index contributed by atoms with van der Waals surface area (Å²) in [5.41, 5.74) is 0.260. The van der Waals surface area contributed by atoms with E-state index in [-0.39, 0.29) is 5.69 Å². The third-order valence-corrected chi connectivity index (χ3v) is 1.96. The van der Waals surface area contributed by atoms with Crippen molar-refractivity contribution in [3.05, 3.63) is 16.4 Å². The topological polar surface area (TPSA) is 34.9 Å². The minimum absolute atomic E-state index is 0.260. The highest BCUT2D eigenvalue weighted by atomic mass is 79.9. The van der Waals surface area contributed by atoms with E-state index in [0.717, 1.165) is 4.60 Å². The number of halogens is 2. The fourth-order valence-corrected chi connectivity index (χ4v) is 0.929. The number of hydrogen-bond acceptors (Lipinski definition) is 2. The van der Waals surface area contributed by atoms with Crippen LogP contribution in [0.5, 0.6) is 0 Å². The summed E-state index contributed by atoms with van der Waals surface area (Å²) in [5, 5.41) is 3.26. The van der Waals surface area contributed by atoms with Crippen molar-refractivity contribution in [2.45, 2.75) is 0 Å². The van der Waals surface area contributed by atoms with Gasteiger partial charge in [0.1, 0.15) is 10.3 Å². The molecule has 0 amide bonds. The first-order valence-electron chi connectivity index (χ1n) is 2.50.